The predicted molar refractivity (Wildman–Crippen MR) is 82.6 cm³/mol. The maximum absolute atomic E-state index is 12.5. The Labute approximate surface area is 125 Å². The number of ketones is 1. The molecule has 1 saturated carbocycles. The first-order valence-corrected chi connectivity index (χ1v) is 7.59. The molecular weight excluding hydrogens is 264 g/mol. The van der Waals surface area contributed by atoms with Gasteiger partial charge in [-0.1, -0.05) is 13.8 Å². The maximum Gasteiger partial charge on any atom is 0.144 e. The smallest absolute Gasteiger partial charge is 0.144 e. The fraction of sp³-hybridized carbons (Fsp3) is 0.529. The van der Waals surface area contributed by atoms with Gasteiger partial charge in [0.05, 0.1) is 24.3 Å². The molecule has 0 aromatic heterocycles. The van der Waals surface area contributed by atoms with E-state index in [0.29, 0.717) is 18.8 Å². The number of hydrogen-bond donors (Lipinski definition) is 1. The average Bonchev–Trinajstić information content (AvgIpc) is 2.82. The van der Waals surface area contributed by atoms with Gasteiger partial charge in [0, 0.05) is 6.42 Å². The van der Waals surface area contributed by atoms with Crippen molar-refractivity contribution in [1.29, 1.82) is 0 Å². The second-order valence-corrected chi connectivity index (χ2v) is 6.68. The largest absolute Gasteiger partial charge is 0.494 e. The predicted octanol–water partition coefficient (Wildman–Crippen LogP) is 2.77. The first-order valence-electron chi connectivity index (χ1n) is 7.59. The van der Waals surface area contributed by atoms with Crippen LogP contribution in [0.15, 0.2) is 29.4 Å². The van der Waals surface area contributed by atoms with Gasteiger partial charge in [-0.25, -0.2) is 0 Å². The molecule has 112 valence electrons. The van der Waals surface area contributed by atoms with E-state index >= 15 is 0 Å². The normalized spacial score (nSPS) is 26.8. The van der Waals surface area contributed by atoms with Crippen LogP contribution in [0.25, 0.3) is 0 Å². The first-order chi connectivity index (χ1) is 10.00. The van der Waals surface area contributed by atoms with Crippen LogP contribution < -0.4 is 10.2 Å². The highest BCUT2D eigenvalue weighted by atomic mass is 16.5. The lowest BCUT2D eigenvalue weighted by atomic mass is 9.68. The van der Waals surface area contributed by atoms with E-state index in [-0.39, 0.29) is 17.4 Å². The molecule has 2 atom stereocenters. The number of hydrazone groups is 1. The van der Waals surface area contributed by atoms with E-state index in [1.807, 2.05) is 31.2 Å². The summed E-state index contributed by atoms with van der Waals surface area (Å²) in [7, 11) is 0. The third-order valence-electron chi connectivity index (χ3n) is 4.28. The van der Waals surface area contributed by atoms with Crippen LogP contribution in [0.4, 0.5) is 0 Å². The van der Waals surface area contributed by atoms with Crippen LogP contribution in [0.1, 0.15) is 39.2 Å². The molecule has 0 saturated heterocycles. The van der Waals surface area contributed by atoms with Crippen molar-refractivity contribution in [2.24, 2.45) is 16.4 Å². The summed E-state index contributed by atoms with van der Waals surface area (Å²) in [6, 6.07) is 7.99. The van der Waals surface area contributed by atoms with Crippen molar-refractivity contribution >= 4 is 11.5 Å². The molecule has 0 amide bonds. The van der Waals surface area contributed by atoms with Gasteiger partial charge >= 0.3 is 0 Å². The van der Waals surface area contributed by atoms with Crippen LogP contribution in [-0.4, -0.2) is 24.1 Å². The number of nitrogens with one attached hydrogen (secondary N) is 1. The highest BCUT2D eigenvalue weighted by Gasteiger charge is 2.46. The molecule has 1 aromatic carbocycles. The van der Waals surface area contributed by atoms with Crippen molar-refractivity contribution in [3.63, 3.8) is 0 Å². The van der Waals surface area contributed by atoms with Crippen LogP contribution in [0.5, 0.6) is 5.75 Å². The number of Topliss-reactive ketones (excluding diaryl/α,β-unsaturated/α-hetero) is 1. The summed E-state index contributed by atoms with van der Waals surface area (Å²) in [6.07, 6.45) is 1.61. The van der Waals surface area contributed by atoms with Crippen LogP contribution in [0.3, 0.4) is 0 Å². The molecule has 1 aliphatic carbocycles. The summed E-state index contributed by atoms with van der Waals surface area (Å²) in [5, 5.41) is 4.45. The standard InChI is InChI=1S/C17H22N2O2/c1-4-21-12-7-5-11(6-8-12)16-15-13(18-19-16)9-17(2,3)10-14(15)20/h5-8,13,15,18H,4,9-10H2,1-3H3/t13-,15+/m1/s1. The van der Waals surface area contributed by atoms with Gasteiger partial charge < -0.3 is 10.2 Å². The van der Waals surface area contributed by atoms with Gasteiger partial charge in [-0.2, -0.15) is 5.10 Å². The minimum atomic E-state index is -0.101. The molecule has 4 heteroatoms. The number of rotatable bonds is 3. The Bertz CT molecular complexity index is 575. The molecule has 0 bridgehead atoms. The van der Waals surface area contributed by atoms with Gasteiger partial charge in [-0.05, 0) is 48.6 Å². The molecule has 1 N–H and O–H groups in total. The summed E-state index contributed by atoms with van der Waals surface area (Å²) in [5.74, 6) is 1.05. The zero-order chi connectivity index (χ0) is 15.0. The molecule has 4 nitrogen and oxygen atoms in total. The van der Waals surface area contributed by atoms with Gasteiger partial charge in [-0.15, -0.1) is 0 Å². The molecule has 3 rings (SSSR count). The Kier molecular flexibility index (Phi) is 3.47. The van der Waals surface area contributed by atoms with Crippen LogP contribution in [-0.2, 0) is 4.79 Å². The maximum atomic E-state index is 12.5. The van der Waals surface area contributed by atoms with Crippen molar-refractivity contribution < 1.29 is 9.53 Å². The topological polar surface area (TPSA) is 50.7 Å². The molecule has 0 spiro atoms. The highest BCUT2D eigenvalue weighted by molar-refractivity contribution is 6.15. The zero-order valence-corrected chi connectivity index (χ0v) is 12.8. The van der Waals surface area contributed by atoms with Crippen LogP contribution >= 0.6 is 0 Å². The molecule has 2 aliphatic rings. The Balaban J connectivity index is 1.82. The molecule has 1 aromatic rings. The van der Waals surface area contributed by atoms with Gasteiger partial charge in [0.1, 0.15) is 11.5 Å². The molecule has 0 unspecified atom stereocenters. The SMILES string of the molecule is CCOc1ccc(C2=NN[C@@H]3CC(C)(C)CC(=O)[C@@H]23)cc1. The third-order valence-corrected chi connectivity index (χ3v) is 4.28. The van der Waals surface area contributed by atoms with Crippen molar-refractivity contribution in [1.82, 2.24) is 5.43 Å². The second kappa shape index (κ2) is 5.17. The van der Waals surface area contributed by atoms with E-state index in [1.165, 1.54) is 0 Å². The molecule has 0 radical (unpaired) electrons. The first kappa shape index (κ1) is 14.1. The Morgan fingerprint density at radius 2 is 2.05 bits per heavy atom. The highest BCUT2D eigenvalue weighted by Crippen LogP contribution is 2.39. The van der Waals surface area contributed by atoms with E-state index in [2.05, 4.69) is 24.4 Å². The zero-order valence-electron chi connectivity index (χ0n) is 12.8. The third kappa shape index (κ3) is 2.67. The molecule has 1 aliphatic heterocycles. The van der Waals surface area contributed by atoms with Gasteiger partial charge in [-0.3, -0.25) is 4.79 Å². The lowest BCUT2D eigenvalue weighted by Gasteiger charge is -2.36. The van der Waals surface area contributed by atoms with E-state index in [4.69, 9.17) is 4.74 Å². The van der Waals surface area contributed by atoms with Crippen molar-refractivity contribution in [2.45, 2.75) is 39.7 Å². The molecule has 1 heterocycles. The number of nitrogens with zero attached hydrogens (tertiary/aromatic N) is 1. The number of carbonyl (C=O) groups is 1. The van der Waals surface area contributed by atoms with Gasteiger partial charge in [0.15, 0.2) is 0 Å². The Morgan fingerprint density at radius 3 is 2.71 bits per heavy atom. The molecule has 1 fully saturated rings. The summed E-state index contributed by atoms with van der Waals surface area (Å²) in [4.78, 5) is 12.5. The minimum absolute atomic E-state index is 0.0645. The average molecular weight is 286 g/mol. The van der Waals surface area contributed by atoms with E-state index < -0.39 is 0 Å². The second-order valence-electron chi connectivity index (χ2n) is 6.68. The Morgan fingerprint density at radius 1 is 1.33 bits per heavy atom. The molecule has 21 heavy (non-hydrogen) atoms. The lowest BCUT2D eigenvalue weighted by Crippen LogP contribution is -2.45. The minimum Gasteiger partial charge on any atom is -0.494 e. The number of fused-ring (bicyclic) bond motifs is 1. The van der Waals surface area contributed by atoms with Crippen molar-refractivity contribution in [2.75, 3.05) is 6.61 Å². The van der Waals surface area contributed by atoms with E-state index in [1.54, 1.807) is 0 Å². The quantitative estimate of drug-likeness (QED) is 0.929. The number of carbonyl (C=O) groups excluding carboxylic acids is 1. The summed E-state index contributed by atoms with van der Waals surface area (Å²) in [6.45, 7) is 6.92. The summed E-state index contributed by atoms with van der Waals surface area (Å²) in [5.41, 5.74) is 5.12. The van der Waals surface area contributed by atoms with Gasteiger partial charge in [0.25, 0.3) is 0 Å². The Hall–Kier alpha value is -1.84. The van der Waals surface area contributed by atoms with E-state index in [9.17, 15) is 4.79 Å². The molecular formula is C17H22N2O2. The van der Waals surface area contributed by atoms with Gasteiger partial charge in [0.2, 0.25) is 0 Å². The lowest BCUT2D eigenvalue weighted by molar-refractivity contribution is -0.126. The number of ether oxygens (including phenoxy) is 1. The van der Waals surface area contributed by atoms with Crippen LogP contribution in [0.2, 0.25) is 0 Å². The number of benzene rings is 1. The van der Waals surface area contributed by atoms with Crippen LogP contribution in [0, 0.1) is 11.3 Å². The van der Waals surface area contributed by atoms with Crippen molar-refractivity contribution in [3.8, 4) is 5.75 Å². The monoisotopic (exact) mass is 286 g/mol. The summed E-state index contributed by atoms with van der Waals surface area (Å²) >= 11 is 0. The summed E-state index contributed by atoms with van der Waals surface area (Å²) < 4.78 is 5.46. The fourth-order valence-corrected chi connectivity index (χ4v) is 3.41. The van der Waals surface area contributed by atoms with Crippen molar-refractivity contribution in [3.05, 3.63) is 29.8 Å². The number of hydrogen-bond acceptors (Lipinski definition) is 4. The van der Waals surface area contributed by atoms with E-state index in [0.717, 1.165) is 23.4 Å². The fourth-order valence-electron chi connectivity index (χ4n) is 3.41.